The number of carboxylic acid groups (broad SMARTS) is 1. The predicted octanol–water partition coefficient (Wildman–Crippen LogP) is 3.09. The summed E-state index contributed by atoms with van der Waals surface area (Å²) >= 11 is 0. The van der Waals surface area contributed by atoms with Gasteiger partial charge < -0.3 is 9.84 Å². The van der Waals surface area contributed by atoms with Crippen LogP contribution in [0.4, 0.5) is 0 Å². The lowest BCUT2D eigenvalue weighted by atomic mass is 9.86. The lowest BCUT2D eigenvalue weighted by Gasteiger charge is -2.21. The summed E-state index contributed by atoms with van der Waals surface area (Å²) < 4.78 is 5.54. The van der Waals surface area contributed by atoms with E-state index < -0.39 is 5.97 Å². The Bertz CT molecular complexity index is 344. The van der Waals surface area contributed by atoms with Gasteiger partial charge in [0.2, 0.25) is 0 Å². The number of rotatable bonds is 7. The molecule has 0 radical (unpaired) electrons. The van der Waals surface area contributed by atoms with Gasteiger partial charge in [-0.1, -0.05) is 44.2 Å². The summed E-state index contributed by atoms with van der Waals surface area (Å²) in [4.78, 5) is 10.6. The van der Waals surface area contributed by atoms with Crippen LogP contribution >= 0.6 is 0 Å². The van der Waals surface area contributed by atoms with Gasteiger partial charge in [-0.05, 0) is 17.4 Å². The van der Waals surface area contributed by atoms with E-state index in [0.29, 0.717) is 13.2 Å². The summed E-state index contributed by atoms with van der Waals surface area (Å²) in [5.41, 5.74) is 0.936. The van der Waals surface area contributed by atoms with Gasteiger partial charge in [-0.25, -0.2) is 0 Å². The Labute approximate surface area is 102 Å². The Balaban J connectivity index is 2.22. The van der Waals surface area contributed by atoms with E-state index in [1.54, 1.807) is 0 Å². The average Bonchev–Trinajstić information content (AvgIpc) is 2.24. The van der Waals surface area contributed by atoms with E-state index in [-0.39, 0.29) is 11.8 Å². The molecule has 0 atom stereocenters. The molecule has 0 amide bonds. The first kappa shape index (κ1) is 13.7. The number of carboxylic acids is 1. The fraction of sp³-hybridized carbons (Fsp3) is 0.500. The van der Waals surface area contributed by atoms with E-state index >= 15 is 0 Å². The Morgan fingerprint density at radius 3 is 2.53 bits per heavy atom. The fourth-order valence-corrected chi connectivity index (χ4v) is 1.61. The maximum atomic E-state index is 10.6. The summed E-state index contributed by atoms with van der Waals surface area (Å²) in [6.07, 6.45) is 0.938. The van der Waals surface area contributed by atoms with E-state index in [2.05, 4.69) is 0 Å². The highest BCUT2D eigenvalue weighted by molar-refractivity contribution is 5.67. The van der Waals surface area contributed by atoms with E-state index in [1.807, 2.05) is 44.2 Å². The lowest BCUT2D eigenvalue weighted by molar-refractivity contribution is -0.139. The topological polar surface area (TPSA) is 46.5 Å². The fourth-order valence-electron chi connectivity index (χ4n) is 1.61. The maximum absolute atomic E-state index is 10.6. The molecule has 0 unspecified atom stereocenters. The highest BCUT2D eigenvalue weighted by atomic mass is 16.5. The van der Waals surface area contributed by atoms with Crippen LogP contribution in [0.25, 0.3) is 0 Å². The summed E-state index contributed by atoms with van der Waals surface area (Å²) in [7, 11) is 0. The van der Waals surface area contributed by atoms with Crippen molar-refractivity contribution in [2.24, 2.45) is 5.41 Å². The zero-order valence-electron chi connectivity index (χ0n) is 10.5. The number of benzene rings is 1. The van der Waals surface area contributed by atoms with Crippen molar-refractivity contribution in [3.8, 4) is 0 Å². The van der Waals surface area contributed by atoms with Crippen molar-refractivity contribution in [1.29, 1.82) is 0 Å². The predicted molar refractivity (Wildman–Crippen MR) is 66.7 cm³/mol. The van der Waals surface area contributed by atoms with Gasteiger partial charge in [-0.15, -0.1) is 0 Å². The van der Waals surface area contributed by atoms with Crippen molar-refractivity contribution in [1.82, 2.24) is 0 Å². The zero-order valence-corrected chi connectivity index (χ0v) is 10.5. The molecule has 0 fully saturated rings. The first-order valence-electron chi connectivity index (χ1n) is 5.83. The Hall–Kier alpha value is -1.35. The minimum Gasteiger partial charge on any atom is -0.481 e. The van der Waals surface area contributed by atoms with E-state index in [0.717, 1.165) is 12.0 Å². The van der Waals surface area contributed by atoms with Gasteiger partial charge in [-0.3, -0.25) is 4.79 Å². The molecule has 3 nitrogen and oxygen atoms in total. The number of aliphatic carboxylic acids is 1. The second kappa shape index (κ2) is 6.40. The number of ether oxygens (including phenoxy) is 1. The molecule has 0 aliphatic rings. The summed E-state index contributed by atoms with van der Waals surface area (Å²) in [6, 6.07) is 9.96. The van der Waals surface area contributed by atoms with Crippen molar-refractivity contribution >= 4 is 5.97 Å². The molecule has 94 valence electrons. The first-order valence-corrected chi connectivity index (χ1v) is 5.83. The lowest BCUT2D eigenvalue weighted by Crippen LogP contribution is -2.19. The molecule has 0 saturated carbocycles. The molecule has 1 aromatic carbocycles. The molecular weight excluding hydrogens is 216 g/mol. The molecule has 0 aromatic heterocycles. The van der Waals surface area contributed by atoms with Gasteiger partial charge in [0.1, 0.15) is 0 Å². The third-order valence-electron chi connectivity index (χ3n) is 2.66. The third-order valence-corrected chi connectivity index (χ3v) is 2.66. The van der Waals surface area contributed by atoms with Gasteiger partial charge in [0.25, 0.3) is 0 Å². The Morgan fingerprint density at radius 2 is 1.94 bits per heavy atom. The van der Waals surface area contributed by atoms with Crippen LogP contribution < -0.4 is 0 Å². The second-order valence-corrected chi connectivity index (χ2v) is 5.02. The smallest absolute Gasteiger partial charge is 0.303 e. The van der Waals surface area contributed by atoms with Crippen LogP contribution in [0.1, 0.15) is 32.3 Å². The molecule has 0 heterocycles. The molecule has 1 N–H and O–H groups in total. The normalized spacial score (nSPS) is 11.4. The Morgan fingerprint density at radius 1 is 1.29 bits per heavy atom. The van der Waals surface area contributed by atoms with E-state index in [9.17, 15) is 4.79 Å². The van der Waals surface area contributed by atoms with Crippen molar-refractivity contribution in [3.63, 3.8) is 0 Å². The largest absolute Gasteiger partial charge is 0.481 e. The number of hydrogen-bond acceptors (Lipinski definition) is 2. The minimum atomic E-state index is -0.752. The van der Waals surface area contributed by atoms with Crippen LogP contribution in [0.15, 0.2) is 30.3 Å². The average molecular weight is 236 g/mol. The van der Waals surface area contributed by atoms with Crippen molar-refractivity contribution < 1.29 is 14.6 Å². The molecule has 1 aromatic rings. The van der Waals surface area contributed by atoms with Gasteiger partial charge in [-0.2, -0.15) is 0 Å². The van der Waals surface area contributed by atoms with Gasteiger partial charge in [0.15, 0.2) is 0 Å². The standard InChI is InChI=1S/C14H20O3/c1-14(2,10-13(15)16)8-9-17-11-12-6-4-3-5-7-12/h3-7H,8-11H2,1-2H3,(H,15,16). The molecule has 0 saturated heterocycles. The summed E-state index contributed by atoms with van der Waals surface area (Å²) in [5.74, 6) is -0.752. The van der Waals surface area contributed by atoms with Gasteiger partial charge >= 0.3 is 5.97 Å². The quantitative estimate of drug-likeness (QED) is 0.740. The Kier molecular flexibility index (Phi) is 5.16. The summed E-state index contributed by atoms with van der Waals surface area (Å²) in [5, 5.41) is 8.74. The van der Waals surface area contributed by atoms with Gasteiger partial charge in [0, 0.05) is 6.61 Å². The zero-order chi connectivity index (χ0) is 12.7. The van der Waals surface area contributed by atoms with Crippen LogP contribution in [0.2, 0.25) is 0 Å². The van der Waals surface area contributed by atoms with Crippen LogP contribution in [-0.2, 0) is 16.1 Å². The number of hydrogen-bond donors (Lipinski definition) is 1. The van der Waals surface area contributed by atoms with E-state index in [4.69, 9.17) is 9.84 Å². The van der Waals surface area contributed by atoms with Crippen molar-refractivity contribution in [3.05, 3.63) is 35.9 Å². The molecule has 0 aliphatic heterocycles. The summed E-state index contributed by atoms with van der Waals surface area (Å²) in [6.45, 7) is 5.08. The molecule has 0 aliphatic carbocycles. The molecule has 0 bridgehead atoms. The third kappa shape index (κ3) is 6.07. The molecule has 0 spiro atoms. The number of carbonyl (C=O) groups is 1. The van der Waals surface area contributed by atoms with Crippen LogP contribution in [0, 0.1) is 5.41 Å². The maximum Gasteiger partial charge on any atom is 0.303 e. The van der Waals surface area contributed by atoms with Crippen molar-refractivity contribution in [2.75, 3.05) is 6.61 Å². The van der Waals surface area contributed by atoms with Crippen LogP contribution in [0.3, 0.4) is 0 Å². The molecular formula is C14H20O3. The minimum absolute atomic E-state index is 0.182. The molecule has 3 heteroatoms. The first-order chi connectivity index (χ1) is 7.99. The van der Waals surface area contributed by atoms with Crippen LogP contribution in [-0.4, -0.2) is 17.7 Å². The monoisotopic (exact) mass is 236 g/mol. The van der Waals surface area contributed by atoms with Gasteiger partial charge in [0.05, 0.1) is 13.0 Å². The molecule has 1 rings (SSSR count). The highest BCUT2D eigenvalue weighted by Gasteiger charge is 2.21. The molecule has 17 heavy (non-hydrogen) atoms. The van der Waals surface area contributed by atoms with Crippen LogP contribution in [0.5, 0.6) is 0 Å². The SMILES string of the molecule is CC(C)(CCOCc1ccccc1)CC(=O)O. The highest BCUT2D eigenvalue weighted by Crippen LogP contribution is 2.24. The second-order valence-electron chi connectivity index (χ2n) is 5.02. The van der Waals surface area contributed by atoms with E-state index in [1.165, 1.54) is 0 Å². The van der Waals surface area contributed by atoms with Crippen molar-refractivity contribution in [2.45, 2.75) is 33.3 Å².